The average molecular weight is 442 g/mol. The highest BCUT2D eigenvalue weighted by atomic mass is 32.1. The normalized spacial score (nSPS) is 11.3. The van der Waals surface area contributed by atoms with Crippen LogP contribution >= 0.6 is 11.3 Å². The van der Waals surface area contributed by atoms with Crippen LogP contribution in [0.1, 0.15) is 22.3 Å². The van der Waals surface area contributed by atoms with Crippen LogP contribution in [0, 0.1) is 0 Å². The van der Waals surface area contributed by atoms with Crippen molar-refractivity contribution in [3.05, 3.63) is 59.0 Å². The summed E-state index contributed by atoms with van der Waals surface area (Å²) in [6.45, 7) is -0.359. The average Bonchev–Trinajstić information content (AvgIpc) is 3.23. The van der Waals surface area contributed by atoms with Gasteiger partial charge >= 0.3 is 0 Å². The van der Waals surface area contributed by atoms with E-state index in [2.05, 4.69) is 15.8 Å². The molecule has 0 aliphatic rings. The van der Waals surface area contributed by atoms with Crippen molar-refractivity contribution < 1.29 is 24.2 Å². The van der Waals surface area contributed by atoms with Crippen molar-refractivity contribution in [1.29, 1.82) is 0 Å². The summed E-state index contributed by atoms with van der Waals surface area (Å²) in [4.78, 5) is 24.5. The summed E-state index contributed by atoms with van der Waals surface area (Å²) in [5, 5.41) is 19.1. The Labute approximate surface area is 183 Å². The van der Waals surface area contributed by atoms with E-state index in [0.29, 0.717) is 29.2 Å². The maximum Gasteiger partial charge on any atom is 0.259 e. The smallest absolute Gasteiger partial charge is 0.259 e. The van der Waals surface area contributed by atoms with E-state index >= 15 is 0 Å². The minimum Gasteiger partial charge on any atom is -0.493 e. The molecule has 0 aliphatic carbocycles. The van der Waals surface area contributed by atoms with E-state index in [-0.39, 0.29) is 13.2 Å². The first kappa shape index (κ1) is 22.3. The standard InChI is InChI=1S/C22H23N3O5S/c1-29-18-8-7-14(11-19(18)30-2)22(28)23-12-21(27)25-24-17(9-10-26)16-13-31-20-6-4-3-5-15(16)20/h3-8,11,13,26H,9-10,12H2,1-2H3,(H,23,28)(H,25,27)/b24-17+. The van der Waals surface area contributed by atoms with Gasteiger partial charge in [-0.2, -0.15) is 5.10 Å². The number of carbonyl (C=O) groups excluding carboxylic acids is 2. The topological polar surface area (TPSA) is 109 Å². The summed E-state index contributed by atoms with van der Waals surface area (Å²) in [5.41, 5.74) is 4.22. The maximum atomic E-state index is 12.3. The second-order valence-corrected chi connectivity index (χ2v) is 7.38. The van der Waals surface area contributed by atoms with E-state index in [1.165, 1.54) is 20.3 Å². The van der Waals surface area contributed by atoms with Gasteiger partial charge in [0.15, 0.2) is 11.5 Å². The molecule has 1 aromatic heterocycles. The number of benzene rings is 2. The molecule has 0 bridgehead atoms. The highest BCUT2D eigenvalue weighted by Crippen LogP contribution is 2.28. The first-order valence-electron chi connectivity index (χ1n) is 9.50. The molecule has 3 rings (SSSR count). The number of thiophene rings is 1. The van der Waals surface area contributed by atoms with Crippen molar-refractivity contribution in [2.45, 2.75) is 6.42 Å². The van der Waals surface area contributed by atoms with Crippen LogP contribution in [-0.4, -0.2) is 50.0 Å². The molecule has 0 fully saturated rings. The number of nitrogens with zero attached hydrogens (tertiary/aromatic N) is 1. The first-order valence-corrected chi connectivity index (χ1v) is 10.4. The van der Waals surface area contributed by atoms with Crippen LogP contribution in [0.15, 0.2) is 52.9 Å². The summed E-state index contributed by atoms with van der Waals surface area (Å²) in [6, 6.07) is 12.6. The highest BCUT2D eigenvalue weighted by Gasteiger charge is 2.13. The zero-order valence-corrected chi connectivity index (χ0v) is 18.0. The minimum absolute atomic E-state index is 0.102. The molecule has 1 heterocycles. The summed E-state index contributed by atoms with van der Waals surface area (Å²) in [7, 11) is 2.98. The van der Waals surface area contributed by atoms with Gasteiger partial charge in [-0.15, -0.1) is 11.3 Å². The number of hydrazone groups is 1. The molecule has 8 nitrogen and oxygen atoms in total. The van der Waals surface area contributed by atoms with E-state index in [0.717, 1.165) is 15.6 Å². The van der Waals surface area contributed by atoms with Gasteiger partial charge in [0.2, 0.25) is 0 Å². The lowest BCUT2D eigenvalue weighted by molar-refractivity contribution is -0.120. The fourth-order valence-electron chi connectivity index (χ4n) is 2.97. The third-order valence-corrected chi connectivity index (χ3v) is 5.47. The largest absolute Gasteiger partial charge is 0.493 e. The number of ether oxygens (including phenoxy) is 2. The lowest BCUT2D eigenvalue weighted by atomic mass is 10.1. The lowest BCUT2D eigenvalue weighted by Gasteiger charge is -2.10. The number of carbonyl (C=O) groups is 2. The number of methoxy groups -OCH3 is 2. The van der Waals surface area contributed by atoms with Crippen molar-refractivity contribution in [3.63, 3.8) is 0 Å². The third kappa shape index (κ3) is 5.39. The molecule has 0 unspecified atom stereocenters. The molecule has 0 saturated heterocycles. The SMILES string of the molecule is COc1ccc(C(=O)NCC(=O)N/N=C(\CCO)c2csc3ccccc23)cc1OC. The van der Waals surface area contributed by atoms with E-state index in [1.54, 1.807) is 23.5 Å². The van der Waals surface area contributed by atoms with Gasteiger partial charge in [0, 0.05) is 39.6 Å². The number of aliphatic hydroxyl groups excluding tert-OH is 1. The summed E-state index contributed by atoms with van der Waals surface area (Å²) < 4.78 is 11.4. The third-order valence-electron chi connectivity index (χ3n) is 4.51. The number of nitrogens with one attached hydrogen (secondary N) is 2. The van der Waals surface area contributed by atoms with Crippen molar-refractivity contribution in [3.8, 4) is 11.5 Å². The zero-order valence-electron chi connectivity index (χ0n) is 17.2. The molecule has 0 radical (unpaired) electrons. The maximum absolute atomic E-state index is 12.3. The van der Waals surface area contributed by atoms with Gasteiger partial charge < -0.3 is 19.9 Å². The fourth-order valence-corrected chi connectivity index (χ4v) is 3.94. The molecule has 0 atom stereocenters. The van der Waals surface area contributed by atoms with Gasteiger partial charge in [0.1, 0.15) is 0 Å². The van der Waals surface area contributed by atoms with Crippen LogP contribution in [0.2, 0.25) is 0 Å². The Kier molecular flexibility index (Phi) is 7.58. The Bertz CT molecular complexity index is 1110. The Hall–Kier alpha value is -3.43. The van der Waals surface area contributed by atoms with Crippen LogP contribution in [0.3, 0.4) is 0 Å². The molecule has 0 aliphatic heterocycles. The molecule has 0 saturated carbocycles. The van der Waals surface area contributed by atoms with Crippen molar-refractivity contribution in [2.75, 3.05) is 27.4 Å². The van der Waals surface area contributed by atoms with Crippen LogP contribution < -0.4 is 20.2 Å². The van der Waals surface area contributed by atoms with E-state index in [4.69, 9.17) is 9.47 Å². The summed E-state index contributed by atoms with van der Waals surface area (Å²) in [5.74, 6) is 0.00706. The molecule has 9 heteroatoms. The molecule has 0 spiro atoms. The molecular formula is C22H23N3O5S. The second-order valence-electron chi connectivity index (χ2n) is 6.47. The van der Waals surface area contributed by atoms with Gasteiger partial charge in [-0.1, -0.05) is 18.2 Å². The van der Waals surface area contributed by atoms with Crippen LogP contribution in [0.5, 0.6) is 11.5 Å². The number of fused-ring (bicyclic) bond motifs is 1. The molecule has 3 N–H and O–H groups in total. The van der Waals surface area contributed by atoms with Crippen molar-refractivity contribution >= 4 is 38.9 Å². The first-order chi connectivity index (χ1) is 15.1. The van der Waals surface area contributed by atoms with Gasteiger partial charge in [-0.25, -0.2) is 5.43 Å². The van der Waals surface area contributed by atoms with Crippen LogP contribution in [0.4, 0.5) is 0 Å². The van der Waals surface area contributed by atoms with Gasteiger partial charge in [0.25, 0.3) is 11.8 Å². The molecule has 2 aromatic carbocycles. The molecule has 31 heavy (non-hydrogen) atoms. The van der Waals surface area contributed by atoms with E-state index in [1.807, 2.05) is 29.6 Å². The predicted molar refractivity (Wildman–Crippen MR) is 120 cm³/mol. The number of aliphatic hydroxyl groups is 1. The predicted octanol–water partition coefficient (Wildman–Crippen LogP) is 2.55. The van der Waals surface area contributed by atoms with Gasteiger partial charge in [-0.3, -0.25) is 9.59 Å². The number of amides is 2. The number of hydrogen-bond donors (Lipinski definition) is 3. The monoisotopic (exact) mass is 441 g/mol. The van der Waals surface area contributed by atoms with Crippen LogP contribution in [-0.2, 0) is 4.79 Å². The van der Waals surface area contributed by atoms with Crippen molar-refractivity contribution in [2.24, 2.45) is 5.10 Å². The highest BCUT2D eigenvalue weighted by molar-refractivity contribution is 7.17. The minimum atomic E-state index is -0.483. The Morgan fingerprint density at radius 1 is 1.10 bits per heavy atom. The fraction of sp³-hybridized carbons (Fsp3) is 0.227. The molecule has 162 valence electrons. The number of rotatable bonds is 9. The number of hydrogen-bond acceptors (Lipinski definition) is 7. The Morgan fingerprint density at radius 3 is 2.61 bits per heavy atom. The van der Waals surface area contributed by atoms with Gasteiger partial charge in [0.05, 0.1) is 26.5 Å². The van der Waals surface area contributed by atoms with Gasteiger partial charge in [-0.05, 0) is 24.3 Å². The Balaban J connectivity index is 1.64. The second kappa shape index (κ2) is 10.6. The Morgan fingerprint density at radius 2 is 1.87 bits per heavy atom. The lowest BCUT2D eigenvalue weighted by Crippen LogP contribution is -2.35. The van der Waals surface area contributed by atoms with E-state index in [9.17, 15) is 14.7 Å². The molecular weight excluding hydrogens is 418 g/mol. The van der Waals surface area contributed by atoms with E-state index < -0.39 is 11.8 Å². The summed E-state index contributed by atoms with van der Waals surface area (Å²) in [6.07, 6.45) is 0.291. The quantitative estimate of drug-likeness (QED) is 0.349. The molecule has 3 aromatic rings. The molecule has 2 amide bonds. The zero-order chi connectivity index (χ0) is 22.2. The van der Waals surface area contributed by atoms with Crippen molar-refractivity contribution in [1.82, 2.24) is 10.7 Å². The van der Waals surface area contributed by atoms with Crippen LogP contribution in [0.25, 0.3) is 10.1 Å². The summed E-state index contributed by atoms with van der Waals surface area (Å²) >= 11 is 1.57.